The highest BCUT2D eigenvalue weighted by Crippen LogP contribution is 2.21. The van der Waals surface area contributed by atoms with Gasteiger partial charge in [-0.3, -0.25) is 4.98 Å². The molecule has 1 aliphatic rings. The number of ether oxygens (including phenoxy) is 1. The molecule has 1 aliphatic heterocycles. The zero-order valence-electron chi connectivity index (χ0n) is 19.5. The predicted octanol–water partition coefficient (Wildman–Crippen LogP) is 3.34. The van der Waals surface area contributed by atoms with E-state index in [1.165, 1.54) is 12.1 Å². The Morgan fingerprint density at radius 3 is 2.64 bits per heavy atom. The van der Waals surface area contributed by atoms with E-state index in [9.17, 15) is 14.3 Å². The van der Waals surface area contributed by atoms with Gasteiger partial charge in [-0.2, -0.15) is 0 Å². The number of amides is 2. The number of nitrogens with zero attached hydrogens (tertiary/aromatic N) is 3. The fraction of sp³-hybridized carbons (Fsp3) is 0.520. The SMILES string of the molecule is CCOCc1ccc(CNC(=O)N(C)CC2CCN(CC(O)c3ccc(F)cc3)CC2)cn1. The second-order valence-electron chi connectivity index (χ2n) is 8.65. The minimum atomic E-state index is -0.627. The molecular formula is C25H35FN4O3. The minimum Gasteiger partial charge on any atom is -0.387 e. The lowest BCUT2D eigenvalue weighted by atomic mass is 9.95. The van der Waals surface area contributed by atoms with E-state index in [4.69, 9.17) is 4.74 Å². The van der Waals surface area contributed by atoms with Gasteiger partial charge in [-0.25, -0.2) is 9.18 Å². The molecule has 3 rings (SSSR count). The molecule has 33 heavy (non-hydrogen) atoms. The van der Waals surface area contributed by atoms with Crippen molar-refractivity contribution in [2.24, 2.45) is 5.92 Å². The molecule has 2 N–H and O–H groups in total. The van der Waals surface area contributed by atoms with Crippen LogP contribution >= 0.6 is 0 Å². The topological polar surface area (TPSA) is 77.9 Å². The lowest BCUT2D eigenvalue weighted by molar-refractivity contribution is 0.0847. The number of pyridine rings is 1. The third-order valence-electron chi connectivity index (χ3n) is 6.06. The van der Waals surface area contributed by atoms with Crippen LogP contribution in [0.5, 0.6) is 0 Å². The van der Waals surface area contributed by atoms with Crippen LogP contribution in [0.3, 0.4) is 0 Å². The van der Waals surface area contributed by atoms with E-state index in [1.54, 1.807) is 23.2 Å². The Hall–Kier alpha value is -2.55. The molecule has 0 bridgehead atoms. The monoisotopic (exact) mass is 458 g/mol. The molecule has 2 amide bonds. The number of benzene rings is 1. The first-order valence-electron chi connectivity index (χ1n) is 11.6. The maximum absolute atomic E-state index is 13.1. The van der Waals surface area contributed by atoms with Crippen LogP contribution in [-0.2, 0) is 17.9 Å². The molecule has 0 radical (unpaired) electrons. The predicted molar refractivity (Wildman–Crippen MR) is 125 cm³/mol. The van der Waals surface area contributed by atoms with Crippen molar-refractivity contribution in [2.45, 2.75) is 39.0 Å². The van der Waals surface area contributed by atoms with Crippen molar-refractivity contribution in [3.05, 3.63) is 65.2 Å². The summed E-state index contributed by atoms with van der Waals surface area (Å²) in [5.74, 6) is 0.131. The van der Waals surface area contributed by atoms with Gasteiger partial charge in [-0.1, -0.05) is 18.2 Å². The second-order valence-corrected chi connectivity index (χ2v) is 8.65. The van der Waals surface area contributed by atoms with Gasteiger partial charge in [0.2, 0.25) is 0 Å². The Balaban J connectivity index is 1.35. The number of nitrogens with one attached hydrogen (secondary N) is 1. The zero-order chi connectivity index (χ0) is 23.6. The molecule has 1 fully saturated rings. The first kappa shape index (κ1) is 25.1. The number of aliphatic hydroxyl groups is 1. The Kier molecular flexibility index (Phi) is 9.60. The highest BCUT2D eigenvalue weighted by molar-refractivity contribution is 5.73. The van der Waals surface area contributed by atoms with E-state index in [-0.39, 0.29) is 11.8 Å². The molecule has 2 aromatic rings. The molecular weight excluding hydrogens is 423 g/mol. The highest BCUT2D eigenvalue weighted by atomic mass is 19.1. The molecule has 8 heteroatoms. The summed E-state index contributed by atoms with van der Waals surface area (Å²) >= 11 is 0. The van der Waals surface area contributed by atoms with E-state index in [0.717, 1.165) is 42.8 Å². The number of hydrogen-bond donors (Lipinski definition) is 2. The van der Waals surface area contributed by atoms with Gasteiger partial charge in [0.05, 0.1) is 18.4 Å². The molecule has 7 nitrogen and oxygen atoms in total. The third kappa shape index (κ3) is 8.07. The average Bonchev–Trinajstić information content (AvgIpc) is 2.83. The summed E-state index contributed by atoms with van der Waals surface area (Å²) in [4.78, 5) is 20.8. The Morgan fingerprint density at radius 1 is 1.27 bits per heavy atom. The van der Waals surface area contributed by atoms with E-state index < -0.39 is 6.10 Å². The quantitative estimate of drug-likeness (QED) is 0.571. The van der Waals surface area contributed by atoms with Gasteiger partial charge in [-0.05, 0) is 68.1 Å². The number of carbonyl (C=O) groups is 1. The normalized spacial score (nSPS) is 15.9. The molecule has 2 heterocycles. The number of aromatic nitrogens is 1. The first-order valence-corrected chi connectivity index (χ1v) is 11.6. The molecule has 180 valence electrons. The minimum absolute atomic E-state index is 0.0949. The maximum Gasteiger partial charge on any atom is 0.317 e. The van der Waals surface area contributed by atoms with Gasteiger partial charge in [0.15, 0.2) is 0 Å². The van der Waals surface area contributed by atoms with E-state index in [0.29, 0.717) is 38.8 Å². The Morgan fingerprint density at radius 2 is 2.00 bits per heavy atom. The summed E-state index contributed by atoms with van der Waals surface area (Å²) in [5.41, 5.74) is 2.56. The molecule has 1 aromatic carbocycles. The fourth-order valence-electron chi connectivity index (χ4n) is 4.02. The molecule has 0 saturated carbocycles. The number of hydrogen-bond acceptors (Lipinski definition) is 5. The summed E-state index contributed by atoms with van der Waals surface area (Å²) in [7, 11) is 1.82. The van der Waals surface area contributed by atoms with Crippen molar-refractivity contribution in [3.8, 4) is 0 Å². The summed E-state index contributed by atoms with van der Waals surface area (Å²) in [5, 5.41) is 13.4. The van der Waals surface area contributed by atoms with Crippen molar-refractivity contribution in [1.29, 1.82) is 0 Å². The van der Waals surface area contributed by atoms with E-state index in [1.807, 2.05) is 26.1 Å². The molecule has 1 unspecified atom stereocenters. The zero-order valence-corrected chi connectivity index (χ0v) is 19.5. The van der Waals surface area contributed by atoms with Crippen LogP contribution in [0.2, 0.25) is 0 Å². The molecule has 1 aromatic heterocycles. The second kappa shape index (κ2) is 12.6. The van der Waals surface area contributed by atoms with Gasteiger partial charge in [0.25, 0.3) is 0 Å². The summed E-state index contributed by atoms with van der Waals surface area (Å²) in [6.45, 7) is 6.52. The summed E-state index contributed by atoms with van der Waals surface area (Å²) in [6, 6.07) is 9.79. The number of carbonyl (C=O) groups excluding carboxylic acids is 1. The fourth-order valence-corrected chi connectivity index (χ4v) is 4.02. The van der Waals surface area contributed by atoms with Crippen molar-refractivity contribution >= 4 is 6.03 Å². The van der Waals surface area contributed by atoms with Crippen molar-refractivity contribution < 1.29 is 19.0 Å². The highest BCUT2D eigenvalue weighted by Gasteiger charge is 2.23. The van der Waals surface area contributed by atoms with Crippen LogP contribution in [0.15, 0.2) is 42.6 Å². The molecule has 0 aliphatic carbocycles. The largest absolute Gasteiger partial charge is 0.387 e. The number of urea groups is 1. The van der Waals surface area contributed by atoms with Crippen LogP contribution < -0.4 is 5.32 Å². The standard InChI is InChI=1S/C25H35FN4O3/c1-3-33-18-23-9-4-20(14-27-23)15-28-25(32)29(2)16-19-10-12-30(13-11-19)17-24(31)21-5-7-22(26)8-6-21/h4-9,14,19,24,31H,3,10-13,15-18H2,1-2H3,(H,28,32). The smallest absolute Gasteiger partial charge is 0.317 e. The first-order chi connectivity index (χ1) is 15.9. The van der Waals surface area contributed by atoms with Crippen molar-refractivity contribution in [3.63, 3.8) is 0 Å². The molecule has 1 saturated heterocycles. The summed E-state index contributed by atoms with van der Waals surface area (Å²) < 4.78 is 18.4. The van der Waals surface area contributed by atoms with Gasteiger partial charge >= 0.3 is 6.03 Å². The molecule has 1 atom stereocenters. The third-order valence-corrected chi connectivity index (χ3v) is 6.06. The van der Waals surface area contributed by atoms with Crippen LogP contribution in [0, 0.1) is 11.7 Å². The van der Waals surface area contributed by atoms with Gasteiger partial charge in [-0.15, -0.1) is 0 Å². The number of likely N-dealkylation sites (tertiary alicyclic amines) is 1. The van der Waals surface area contributed by atoms with Crippen LogP contribution in [0.4, 0.5) is 9.18 Å². The number of halogens is 1. The van der Waals surface area contributed by atoms with Gasteiger partial charge in [0.1, 0.15) is 5.82 Å². The van der Waals surface area contributed by atoms with Crippen LogP contribution in [0.25, 0.3) is 0 Å². The Labute approximate surface area is 195 Å². The maximum atomic E-state index is 13.1. The van der Waals surface area contributed by atoms with Gasteiger partial charge < -0.3 is 25.0 Å². The average molecular weight is 459 g/mol. The number of aliphatic hydroxyl groups excluding tert-OH is 1. The lowest BCUT2D eigenvalue weighted by Crippen LogP contribution is -2.43. The lowest BCUT2D eigenvalue weighted by Gasteiger charge is -2.34. The summed E-state index contributed by atoms with van der Waals surface area (Å²) in [6.07, 6.45) is 3.08. The van der Waals surface area contributed by atoms with E-state index >= 15 is 0 Å². The van der Waals surface area contributed by atoms with Gasteiger partial charge in [0, 0.05) is 39.5 Å². The molecule has 0 spiro atoms. The Bertz CT molecular complexity index is 855. The number of piperidine rings is 1. The van der Waals surface area contributed by atoms with Crippen molar-refractivity contribution in [2.75, 3.05) is 39.8 Å². The van der Waals surface area contributed by atoms with Crippen LogP contribution in [-0.4, -0.2) is 65.8 Å². The van der Waals surface area contributed by atoms with Crippen molar-refractivity contribution in [1.82, 2.24) is 20.1 Å². The van der Waals surface area contributed by atoms with Crippen LogP contribution in [0.1, 0.15) is 42.7 Å². The number of β-amino-alcohol motifs (C(OH)–C–C–N with tert-alkyl or cyclic N) is 1. The van der Waals surface area contributed by atoms with E-state index in [2.05, 4.69) is 15.2 Å². The number of rotatable bonds is 10.